The summed E-state index contributed by atoms with van der Waals surface area (Å²) in [6.07, 6.45) is 3.92. The molecule has 0 fully saturated rings. The van der Waals surface area contributed by atoms with Gasteiger partial charge in [-0.3, -0.25) is 9.13 Å². The third-order valence-corrected chi connectivity index (χ3v) is 8.86. The summed E-state index contributed by atoms with van der Waals surface area (Å²) in [6, 6.07) is 27.5. The number of fused-ring (bicyclic) bond motifs is 12. The van der Waals surface area contributed by atoms with Gasteiger partial charge in [-0.05, 0) is 52.8 Å². The van der Waals surface area contributed by atoms with E-state index in [-0.39, 0.29) is 6.71 Å². The minimum atomic E-state index is -0.00942. The maximum Gasteiger partial charge on any atom is 0.252 e. The van der Waals surface area contributed by atoms with E-state index in [1.165, 1.54) is 16.4 Å². The van der Waals surface area contributed by atoms with E-state index in [1.54, 1.807) is 0 Å². The average Bonchev–Trinajstić information content (AvgIpc) is 3.74. The molecule has 0 unspecified atom stereocenters. The third-order valence-electron chi connectivity index (χ3n) is 8.86. The van der Waals surface area contributed by atoms with E-state index in [1.807, 2.05) is 36.9 Å². The SMILES string of the molecule is c1cc2c3c(c1)-n1cnc4c5c(cc(c41)B3c1cc3oc4ccccc4c3c3ncn-2c13)oc1ccccc15. The molecular formula is C32H15BN4O2. The average molecular weight is 498 g/mol. The predicted molar refractivity (Wildman–Crippen MR) is 155 cm³/mol. The zero-order chi connectivity index (χ0) is 25.0. The van der Waals surface area contributed by atoms with Crippen LogP contribution >= 0.6 is 0 Å². The second kappa shape index (κ2) is 6.05. The van der Waals surface area contributed by atoms with Crippen molar-refractivity contribution in [1.29, 1.82) is 0 Å². The second-order valence-electron chi connectivity index (χ2n) is 10.6. The molecule has 178 valence electrons. The fourth-order valence-electron chi connectivity index (χ4n) is 7.40. The van der Waals surface area contributed by atoms with Gasteiger partial charge < -0.3 is 8.83 Å². The molecule has 0 saturated heterocycles. The Morgan fingerprint density at radius 1 is 0.564 bits per heavy atom. The Morgan fingerprint density at radius 2 is 1.08 bits per heavy atom. The maximum absolute atomic E-state index is 6.42. The first kappa shape index (κ1) is 18.9. The minimum absolute atomic E-state index is 0.00942. The van der Waals surface area contributed by atoms with Crippen molar-refractivity contribution in [2.24, 2.45) is 0 Å². The quantitative estimate of drug-likeness (QED) is 0.266. The molecule has 7 heteroatoms. The highest BCUT2D eigenvalue weighted by atomic mass is 16.3. The molecule has 0 radical (unpaired) electrons. The Morgan fingerprint density at radius 3 is 1.62 bits per heavy atom. The van der Waals surface area contributed by atoms with Crippen molar-refractivity contribution < 1.29 is 8.83 Å². The summed E-state index contributed by atoms with van der Waals surface area (Å²) in [5, 5.41) is 4.33. The standard InChI is InChI=1S/C32H15BN4O2/c1-3-10-22-16(6-1)26-24(38-22)12-18-31-29(26)34-14-36(31)20-8-5-9-21-28(20)33(18)19-13-25-27(30-32(19)37(21)15-35-30)17-7-2-4-11-23(17)39-25/h1-15H. The van der Waals surface area contributed by atoms with Crippen LogP contribution in [0.1, 0.15) is 0 Å². The molecule has 0 aliphatic carbocycles. The summed E-state index contributed by atoms with van der Waals surface area (Å²) in [7, 11) is 0. The summed E-state index contributed by atoms with van der Waals surface area (Å²) in [5.41, 5.74) is 13.6. The molecule has 0 atom stereocenters. The lowest BCUT2D eigenvalue weighted by Crippen LogP contribution is -2.59. The van der Waals surface area contributed by atoms with E-state index in [0.29, 0.717) is 0 Å². The number of nitrogens with zero attached hydrogens (tertiary/aromatic N) is 4. The van der Waals surface area contributed by atoms with E-state index in [9.17, 15) is 0 Å². The first-order chi connectivity index (χ1) is 19.3. The Bertz CT molecular complexity index is 2410. The van der Waals surface area contributed by atoms with Crippen molar-refractivity contribution in [3.8, 4) is 11.4 Å². The van der Waals surface area contributed by atoms with Gasteiger partial charge in [0.05, 0.1) is 21.8 Å². The maximum atomic E-state index is 6.42. The van der Waals surface area contributed by atoms with Crippen LogP contribution in [0.4, 0.5) is 0 Å². The topological polar surface area (TPSA) is 61.9 Å². The van der Waals surface area contributed by atoms with E-state index in [0.717, 1.165) is 77.3 Å². The molecule has 9 aromatic rings. The van der Waals surface area contributed by atoms with E-state index < -0.39 is 0 Å². The van der Waals surface area contributed by atoms with Gasteiger partial charge in [-0.15, -0.1) is 0 Å². The fraction of sp³-hybridized carbons (Fsp3) is 0. The van der Waals surface area contributed by atoms with Crippen molar-refractivity contribution in [2.75, 3.05) is 0 Å². The van der Waals surface area contributed by atoms with Crippen molar-refractivity contribution in [1.82, 2.24) is 19.1 Å². The van der Waals surface area contributed by atoms with E-state index >= 15 is 0 Å². The van der Waals surface area contributed by atoms with Crippen LogP contribution in [0, 0.1) is 0 Å². The lowest BCUT2D eigenvalue weighted by molar-refractivity contribution is 0.669. The molecule has 0 spiro atoms. The van der Waals surface area contributed by atoms with Gasteiger partial charge in [0.25, 0.3) is 6.71 Å². The molecule has 11 rings (SSSR count). The normalized spacial score (nSPS) is 13.6. The number of imidazole rings is 2. The number of hydrogen-bond donors (Lipinski definition) is 0. The number of hydrogen-bond acceptors (Lipinski definition) is 4. The van der Waals surface area contributed by atoms with Crippen molar-refractivity contribution in [3.05, 3.63) is 91.5 Å². The zero-order valence-corrected chi connectivity index (χ0v) is 20.3. The molecule has 0 saturated carbocycles. The molecule has 39 heavy (non-hydrogen) atoms. The van der Waals surface area contributed by atoms with Gasteiger partial charge in [0, 0.05) is 22.1 Å². The third kappa shape index (κ3) is 1.98. The summed E-state index contributed by atoms with van der Waals surface area (Å²) in [6.45, 7) is -0.00942. The van der Waals surface area contributed by atoms with Crippen molar-refractivity contribution >= 4 is 89.0 Å². The molecule has 0 bridgehead atoms. The highest BCUT2D eigenvalue weighted by molar-refractivity contribution is 7.00. The van der Waals surface area contributed by atoms with Crippen LogP contribution in [0.25, 0.3) is 77.3 Å². The lowest BCUT2D eigenvalue weighted by Gasteiger charge is -2.32. The first-order valence-electron chi connectivity index (χ1n) is 13.1. The smallest absolute Gasteiger partial charge is 0.252 e. The number of benzene rings is 5. The van der Waals surface area contributed by atoms with Gasteiger partial charge in [0.2, 0.25) is 0 Å². The molecule has 0 amide bonds. The molecule has 5 aromatic carbocycles. The van der Waals surface area contributed by atoms with Crippen LogP contribution in [0.5, 0.6) is 0 Å². The molecule has 2 aliphatic rings. The van der Waals surface area contributed by atoms with Gasteiger partial charge in [0.1, 0.15) is 46.0 Å². The molecule has 0 N–H and O–H groups in total. The largest absolute Gasteiger partial charge is 0.456 e. The number of para-hydroxylation sites is 2. The van der Waals surface area contributed by atoms with Gasteiger partial charge in [-0.1, -0.05) is 42.5 Å². The molecule has 4 aromatic heterocycles. The van der Waals surface area contributed by atoms with Crippen LogP contribution in [-0.2, 0) is 0 Å². The van der Waals surface area contributed by atoms with Gasteiger partial charge in [-0.2, -0.15) is 0 Å². The second-order valence-corrected chi connectivity index (χ2v) is 10.6. The number of rotatable bonds is 0. The fourth-order valence-corrected chi connectivity index (χ4v) is 7.40. The zero-order valence-electron chi connectivity index (χ0n) is 20.3. The monoisotopic (exact) mass is 498 g/mol. The summed E-state index contributed by atoms with van der Waals surface area (Å²) < 4.78 is 17.3. The Labute approximate surface area is 219 Å². The Kier molecular flexibility index (Phi) is 2.93. The van der Waals surface area contributed by atoms with Crippen LogP contribution in [-0.4, -0.2) is 25.8 Å². The number of aromatic nitrogens is 4. The molecule has 2 aliphatic heterocycles. The Balaban J connectivity index is 1.36. The van der Waals surface area contributed by atoms with Crippen molar-refractivity contribution in [2.45, 2.75) is 0 Å². The summed E-state index contributed by atoms with van der Waals surface area (Å²) >= 11 is 0. The van der Waals surface area contributed by atoms with Gasteiger partial charge in [-0.25, -0.2) is 9.97 Å². The molecule has 6 nitrogen and oxygen atoms in total. The summed E-state index contributed by atoms with van der Waals surface area (Å²) in [5.74, 6) is 0. The highest BCUT2D eigenvalue weighted by Gasteiger charge is 2.41. The lowest BCUT2D eigenvalue weighted by atomic mass is 9.34. The van der Waals surface area contributed by atoms with Crippen LogP contribution < -0.4 is 16.4 Å². The summed E-state index contributed by atoms with van der Waals surface area (Å²) in [4.78, 5) is 9.98. The van der Waals surface area contributed by atoms with E-state index in [4.69, 9.17) is 18.8 Å². The van der Waals surface area contributed by atoms with Gasteiger partial charge >= 0.3 is 0 Å². The van der Waals surface area contributed by atoms with Crippen LogP contribution in [0.2, 0.25) is 0 Å². The highest BCUT2D eigenvalue weighted by Crippen LogP contribution is 2.39. The van der Waals surface area contributed by atoms with Crippen molar-refractivity contribution in [3.63, 3.8) is 0 Å². The Hall–Kier alpha value is -5.30. The van der Waals surface area contributed by atoms with Crippen LogP contribution in [0.3, 0.4) is 0 Å². The van der Waals surface area contributed by atoms with E-state index in [2.05, 4.69) is 63.7 Å². The molecular weight excluding hydrogens is 483 g/mol. The number of furan rings is 2. The van der Waals surface area contributed by atoms with Gasteiger partial charge in [0.15, 0.2) is 0 Å². The van der Waals surface area contributed by atoms with Crippen LogP contribution in [0.15, 0.2) is 100 Å². The molecule has 6 heterocycles. The predicted octanol–water partition coefficient (Wildman–Crippen LogP) is 5.31. The first-order valence-corrected chi connectivity index (χ1v) is 13.1. The minimum Gasteiger partial charge on any atom is -0.456 e.